The molecule has 0 radical (unpaired) electrons. The number of carbonyl (C=O) groups excluding carboxylic acids is 4. The molecule has 48 heavy (non-hydrogen) atoms. The quantitative estimate of drug-likeness (QED) is 0.205. The van der Waals surface area contributed by atoms with Crippen molar-refractivity contribution in [2.24, 2.45) is 7.05 Å². The highest BCUT2D eigenvalue weighted by Gasteiger charge is 2.51. The number of nitrogens with zero attached hydrogens (tertiary/aromatic N) is 5. The second kappa shape index (κ2) is 13.7. The van der Waals surface area contributed by atoms with E-state index >= 15 is 0 Å². The molecule has 0 bridgehead atoms. The number of hydrogen-bond acceptors (Lipinski definition) is 6. The number of ketones is 1. The molecule has 3 heterocycles. The van der Waals surface area contributed by atoms with Gasteiger partial charge >= 0.3 is 6.03 Å². The number of para-hydroxylation sites is 1. The number of ether oxygens (including phenoxy) is 1. The van der Waals surface area contributed by atoms with Gasteiger partial charge < -0.3 is 24.4 Å². The highest BCUT2D eigenvalue weighted by atomic mass is 16.5. The molecule has 11 heteroatoms. The Hall–Kier alpha value is -5.42. The van der Waals surface area contributed by atoms with Crippen LogP contribution in [0.4, 0.5) is 4.79 Å². The van der Waals surface area contributed by atoms with E-state index in [2.05, 4.69) is 11.9 Å². The predicted octanol–water partition coefficient (Wildman–Crippen LogP) is 4.13. The van der Waals surface area contributed by atoms with Crippen molar-refractivity contribution in [1.82, 2.24) is 29.7 Å². The number of rotatable bonds is 10. The Morgan fingerprint density at radius 3 is 2.44 bits per heavy atom. The lowest BCUT2D eigenvalue weighted by Gasteiger charge is -2.55. The Bertz CT molecular complexity index is 1850. The van der Waals surface area contributed by atoms with Crippen molar-refractivity contribution in [3.8, 4) is 5.75 Å². The Labute approximate surface area is 279 Å². The number of hydrazine groups is 1. The van der Waals surface area contributed by atoms with E-state index in [4.69, 9.17) is 4.74 Å². The number of urea groups is 1. The number of carbonyl (C=O) groups is 4. The highest BCUT2D eigenvalue weighted by Crippen LogP contribution is 2.32. The molecule has 4 aromatic rings. The number of nitrogens with one attached hydrogen (secondary N) is 1. The highest BCUT2D eigenvalue weighted by molar-refractivity contribution is 6.07. The third-order valence-corrected chi connectivity index (χ3v) is 9.08. The largest absolute Gasteiger partial charge is 0.497 e. The third-order valence-electron chi connectivity index (χ3n) is 9.08. The lowest BCUT2D eigenvalue weighted by molar-refractivity contribution is -0.189. The van der Waals surface area contributed by atoms with Crippen LogP contribution < -0.4 is 10.1 Å². The SMILES string of the molecule is C=CCN1CC(=O)N2[C@@H](Cc3ccc(OC)cc3)C(=O)N(Cc3cccc4c(C(C)=O)cn(C)c34)C[C@@H]2N1C(=O)NCc1ccccc1. The zero-order valence-corrected chi connectivity index (χ0v) is 27.5. The minimum absolute atomic E-state index is 0.0396. The van der Waals surface area contributed by atoms with Gasteiger partial charge in [-0.05, 0) is 35.7 Å². The zero-order chi connectivity index (χ0) is 33.9. The normalized spacial score (nSPS) is 18.2. The zero-order valence-electron chi connectivity index (χ0n) is 27.5. The smallest absolute Gasteiger partial charge is 0.334 e. The summed E-state index contributed by atoms with van der Waals surface area (Å²) in [6, 6.07) is 21.5. The van der Waals surface area contributed by atoms with Crippen molar-refractivity contribution >= 4 is 34.5 Å². The third kappa shape index (κ3) is 6.28. The second-order valence-corrected chi connectivity index (χ2v) is 12.2. The molecule has 6 rings (SSSR count). The summed E-state index contributed by atoms with van der Waals surface area (Å²) in [5, 5.41) is 7.10. The number of fused-ring (bicyclic) bond motifs is 2. The Morgan fingerprint density at radius 1 is 1.00 bits per heavy atom. The fraction of sp³-hybridized carbons (Fsp3) is 0.297. The van der Waals surface area contributed by atoms with Crippen molar-refractivity contribution in [2.75, 3.05) is 26.7 Å². The van der Waals surface area contributed by atoms with Gasteiger partial charge in [-0.15, -0.1) is 6.58 Å². The number of benzene rings is 3. The number of aromatic nitrogens is 1. The summed E-state index contributed by atoms with van der Waals surface area (Å²) < 4.78 is 7.24. The Balaban J connectivity index is 1.39. The van der Waals surface area contributed by atoms with Crippen molar-refractivity contribution in [2.45, 2.75) is 38.6 Å². The summed E-state index contributed by atoms with van der Waals surface area (Å²) >= 11 is 0. The predicted molar refractivity (Wildman–Crippen MR) is 182 cm³/mol. The molecular formula is C37H40N6O5. The van der Waals surface area contributed by atoms with Crippen LogP contribution >= 0.6 is 0 Å². The van der Waals surface area contributed by atoms with E-state index < -0.39 is 12.2 Å². The number of piperazine rings is 1. The number of aryl methyl sites for hydroxylation is 1. The molecule has 3 aromatic carbocycles. The first-order chi connectivity index (χ1) is 23.2. The molecule has 0 spiro atoms. The first kappa shape index (κ1) is 32.5. The average molecular weight is 649 g/mol. The number of Topliss-reactive ketones (excluding diaryl/α,β-unsaturated/α-hetero) is 1. The molecule has 1 N–H and O–H groups in total. The van der Waals surface area contributed by atoms with E-state index in [0.717, 1.165) is 27.6 Å². The second-order valence-electron chi connectivity index (χ2n) is 12.2. The minimum atomic E-state index is -0.861. The first-order valence-electron chi connectivity index (χ1n) is 16.0. The van der Waals surface area contributed by atoms with E-state index in [1.807, 2.05) is 90.6 Å². The first-order valence-corrected chi connectivity index (χ1v) is 16.0. The van der Waals surface area contributed by atoms with Crippen molar-refractivity contribution < 1.29 is 23.9 Å². The van der Waals surface area contributed by atoms with Gasteiger partial charge in [0.25, 0.3) is 0 Å². The molecular weight excluding hydrogens is 608 g/mol. The van der Waals surface area contributed by atoms with Gasteiger partial charge in [0.15, 0.2) is 5.78 Å². The molecule has 248 valence electrons. The standard InChI is InChI=1S/C37H40N6O5/c1-5-18-41-24-34(45)42-32(19-26-14-16-29(48-4)17-15-26)36(46)40(21-28-12-9-13-30-31(25(2)44)22-39(3)35(28)30)23-33(42)43(41)37(47)38-20-27-10-7-6-8-11-27/h5-17,22,32-33H,1,18-21,23-24H2,2-4H3,(H,38,47)/t32-,33-/m0/s1. The maximum absolute atomic E-state index is 14.5. The molecule has 0 aliphatic carbocycles. The van der Waals surface area contributed by atoms with Gasteiger partial charge in [0.05, 0.1) is 25.7 Å². The molecule has 2 fully saturated rings. The molecule has 2 aliphatic heterocycles. The number of amides is 4. The van der Waals surface area contributed by atoms with Crippen molar-refractivity contribution in [3.63, 3.8) is 0 Å². The van der Waals surface area contributed by atoms with Crippen LogP contribution in [0.25, 0.3) is 10.9 Å². The van der Waals surface area contributed by atoms with E-state index in [-0.39, 0.29) is 56.2 Å². The van der Waals surface area contributed by atoms with Gasteiger partial charge in [-0.25, -0.2) is 14.8 Å². The molecule has 0 unspecified atom stereocenters. The summed E-state index contributed by atoms with van der Waals surface area (Å²) in [5.74, 6) is 0.192. The van der Waals surface area contributed by atoms with Crippen LogP contribution in [0.5, 0.6) is 5.75 Å². The fourth-order valence-corrected chi connectivity index (χ4v) is 6.85. The maximum atomic E-state index is 14.5. The van der Waals surface area contributed by atoms with Crippen LogP contribution in [0.2, 0.25) is 0 Å². The summed E-state index contributed by atoms with van der Waals surface area (Å²) in [5.41, 5.74) is 4.12. The van der Waals surface area contributed by atoms with Gasteiger partial charge in [0.1, 0.15) is 18.0 Å². The van der Waals surface area contributed by atoms with Gasteiger partial charge in [-0.3, -0.25) is 14.4 Å². The van der Waals surface area contributed by atoms with Gasteiger partial charge in [-0.1, -0.05) is 66.7 Å². The molecule has 0 saturated carbocycles. The summed E-state index contributed by atoms with van der Waals surface area (Å²) in [6.07, 6.45) is 2.95. The molecule has 4 amide bonds. The molecule has 1 aromatic heterocycles. The van der Waals surface area contributed by atoms with Crippen LogP contribution in [0.3, 0.4) is 0 Å². The van der Waals surface area contributed by atoms with Crippen LogP contribution in [0, 0.1) is 0 Å². The van der Waals surface area contributed by atoms with Crippen molar-refractivity contribution in [3.05, 3.63) is 114 Å². The van der Waals surface area contributed by atoms with Gasteiger partial charge in [-0.2, -0.15) is 0 Å². The Morgan fingerprint density at radius 2 is 1.75 bits per heavy atom. The average Bonchev–Trinajstić information content (AvgIpc) is 3.44. The van der Waals surface area contributed by atoms with Crippen LogP contribution in [-0.4, -0.2) is 87.0 Å². The van der Waals surface area contributed by atoms with Gasteiger partial charge in [0, 0.05) is 50.2 Å². The van der Waals surface area contributed by atoms with E-state index in [0.29, 0.717) is 17.9 Å². The van der Waals surface area contributed by atoms with E-state index in [9.17, 15) is 19.2 Å². The Kier molecular flexibility index (Phi) is 9.31. The maximum Gasteiger partial charge on any atom is 0.334 e. The van der Waals surface area contributed by atoms with Crippen LogP contribution in [-0.2, 0) is 36.1 Å². The summed E-state index contributed by atoms with van der Waals surface area (Å²) in [7, 11) is 3.48. The molecule has 11 nitrogen and oxygen atoms in total. The van der Waals surface area contributed by atoms with Crippen molar-refractivity contribution in [1.29, 1.82) is 0 Å². The topological polar surface area (TPSA) is 107 Å². The van der Waals surface area contributed by atoms with E-state index in [1.165, 1.54) is 0 Å². The number of hydrogen-bond donors (Lipinski definition) is 1. The minimum Gasteiger partial charge on any atom is -0.497 e. The van der Waals surface area contributed by atoms with Gasteiger partial charge in [0.2, 0.25) is 11.8 Å². The monoisotopic (exact) mass is 648 g/mol. The van der Waals surface area contributed by atoms with E-state index in [1.54, 1.807) is 39.9 Å². The summed E-state index contributed by atoms with van der Waals surface area (Å²) in [6.45, 7) is 6.21. The summed E-state index contributed by atoms with van der Waals surface area (Å²) in [4.78, 5) is 58.2. The molecule has 2 aliphatic rings. The molecule has 2 saturated heterocycles. The van der Waals surface area contributed by atoms with Crippen LogP contribution in [0.15, 0.2) is 91.6 Å². The number of methoxy groups -OCH3 is 1. The van der Waals surface area contributed by atoms with Crippen LogP contribution in [0.1, 0.15) is 34.0 Å². The lowest BCUT2D eigenvalue weighted by Crippen LogP contribution is -2.76. The lowest BCUT2D eigenvalue weighted by atomic mass is 9.98. The molecule has 2 atom stereocenters. The fourth-order valence-electron chi connectivity index (χ4n) is 6.85.